The standard InChI is InChI=1S/C14H8Cl2F2N2/c15-7-14-19-12-6-9(17)1-2-13(12)20(14)11-4-8(16)3-10(18)5-11/h1-6H,7H2. The highest BCUT2D eigenvalue weighted by molar-refractivity contribution is 6.30. The molecule has 6 heteroatoms. The minimum atomic E-state index is -0.461. The summed E-state index contributed by atoms with van der Waals surface area (Å²) in [6.45, 7) is 0. The summed E-state index contributed by atoms with van der Waals surface area (Å²) in [6.07, 6.45) is 0. The Bertz CT molecular complexity index is 779. The summed E-state index contributed by atoms with van der Waals surface area (Å²) < 4.78 is 28.4. The van der Waals surface area contributed by atoms with Crippen LogP contribution >= 0.6 is 23.2 Å². The molecule has 0 aliphatic heterocycles. The van der Waals surface area contributed by atoms with E-state index in [0.29, 0.717) is 22.5 Å². The summed E-state index contributed by atoms with van der Waals surface area (Å²) in [6, 6.07) is 8.34. The van der Waals surface area contributed by atoms with E-state index in [0.717, 1.165) is 0 Å². The Morgan fingerprint density at radius 3 is 2.55 bits per heavy atom. The summed E-state index contributed by atoms with van der Waals surface area (Å²) in [5, 5.41) is 0.268. The maximum Gasteiger partial charge on any atom is 0.129 e. The molecule has 2 aromatic carbocycles. The van der Waals surface area contributed by atoms with Gasteiger partial charge in [-0.15, -0.1) is 11.6 Å². The molecular weight excluding hydrogens is 305 g/mol. The summed E-state index contributed by atoms with van der Waals surface area (Å²) in [5.41, 5.74) is 1.60. The monoisotopic (exact) mass is 312 g/mol. The fourth-order valence-corrected chi connectivity index (χ4v) is 2.54. The average Bonchev–Trinajstić information content (AvgIpc) is 2.74. The number of alkyl halides is 1. The molecule has 0 saturated carbocycles. The molecular formula is C14H8Cl2F2N2. The second kappa shape index (κ2) is 5.04. The van der Waals surface area contributed by atoms with E-state index in [1.807, 2.05) is 0 Å². The zero-order valence-corrected chi connectivity index (χ0v) is 11.6. The number of hydrogen-bond acceptors (Lipinski definition) is 1. The lowest BCUT2D eigenvalue weighted by Crippen LogP contribution is -2.00. The molecule has 1 heterocycles. The average molecular weight is 313 g/mol. The van der Waals surface area contributed by atoms with Gasteiger partial charge in [-0.3, -0.25) is 4.57 Å². The molecule has 0 radical (unpaired) electrons. The van der Waals surface area contributed by atoms with Crippen molar-refractivity contribution in [2.45, 2.75) is 5.88 Å². The number of halogens is 4. The van der Waals surface area contributed by atoms with Gasteiger partial charge in [-0.05, 0) is 30.3 Å². The second-order valence-electron chi connectivity index (χ2n) is 4.26. The maximum absolute atomic E-state index is 13.5. The van der Waals surface area contributed by atoms with Crippen LogP contribution in [-0.4, -0.2) is 9.55 Å². The van der Waals surface area contributed by atoms with Crippen LogP contribution in [0.4, 0.5) is 8.78 Å². The summed E-state index contributed by atoms with van der Waals surface area (Å²) >= 11 is 11.7. The lowest BCUT2D eigenvalue weighted by atomic mass is 10.2. The molecule has 1 aromatic heterocycles. The Morgan fingerprint density at radius 2 is 1.85 bits per heavy atom. The molecule has 0 bridgehead atoms. The first-order chi connectivity index (χ1) is 9.58. The number of benzene rings is 2. The predicted octanol–water partition coefficient (Wildman–Crippen LogP) is 4.70. The molecule has 0 aliphatic rings. The zero-order chi connectivity index (χ0) is 14.3. The second-order valence-corrected chi connectivity index (χ2v) is 4.96. The van der Waals surface area contributed by atoms with Crippen molar-refractivity contribution in [1.82, 2.24) is 9.55 Å². The van der Waals surface area contributed by atoms with Crippen molar-refractivity contribution in [3.05, 3.63) is 58.9 Å². The van der Waals surface area contributed by atoms with Crippen LogP contribution in [0.3, 0.4) is 0 Å². The lowest BCUT2D eigenvalue weighted by molar-refractivity contribution is 0.626. The van der Waals surface area contributed by atoms with Crippen molar-refractivity contribution in [2.75, 3.05) is 0 Å². The first kappa shape index (κ1) is 13.3. The van der Waals surface area contributed by atoms with Gasteiger partial charge in [0.1, 0.15) is 17.5 Å². The zero-order valence-electron chi connectivity index (χ0n) is 10.1. The van der Waals surface area contributed by atoms with Crippen LogP contribution in [-0.2, 0) is 5.88 Å². The van der Waals surface area contributed by atoms with Gasteiger partial charge in [0.2, 0.25) is 0 Å². The maximum atomic E-state index is 13.5. The normalized spacial score (nSPS) is 11.2. The predicted molar refractivity (Wildman–Crippen MR) is 75.6 cm³/mol. The Morgan fingerprint density at radius 1 is 1.05 bits per heavy atom. The van der Waals surface area contributed by atoms with Crippen LogP contribution in [0.2, 0.25) is 5.02 Å². The van der Waals surface area contributed by atoms with Crippen molar-refractivity contribution >= 4 is 34.2 Å². The summed E-state index contributed by atoms with van der Waals surface area (Å²) in [5.74, 6) is -0.240. The Labute approximate surface area is 123 Å². The number of rotatable bonds is 2. The van der Waals surface area contributed by atoms with Crippen LogP contribution in [0.1, 0.15) is 5.82 Å². The van der Waals surface area contributed by atoms with E-state index in [1.54, 1.807) is 16.7 Å². The molecule has 3 rings (SSSR count). The topological polar surface area (TPSA) is 17.8 Å². The van der Waals surface area contributed by atoms with Crippen LogP contribution in [0.25, 0.3) is 16.7 Å². The number of aromatic nitrogens is 2. The largest absolute Gasteiger partial charge is 0.295 e. The van der Waals surface area contributed by atoms with Gasteiger partial charge in [0.05, 0.1) is 22.6 Å². The summed E-state index contributed by atoms with van der Waals surface area (Å²) in [7, 11) is 0. The number of fused-ring (bicyclic) bond motifs is 1. The molecule has 2 nitrogen and oxygen atoms in total. The smallest absolute Gasteiger partial charge is 0.129 e. The van der Waals surface area contributed by atoms with E-state index in [1.165, 1.54) is 24.3 Å². The Balaban J connectivity index is 2.33. The molecule has 3 aromatic rings. The minimum absolute atomic E-state index is 0.116. The molecule has 20 heavy (non-hydrogen) atoms. The van der Waals surface area contributed by atoms with Gasteiger partial charge in [0, 0.05) is 11.1 Å². The Hall–Kier alpha value is -1.65. The van der Waals surface area contributed by atoms with Gasteiger partial charge in [0.15, 0.2) is 0 Å². The molecule has 0 N–H and O–H groups in total. The van der Waals surface area contributed by atoms with E-state index in [2.05, 4.69) is 4.98 Å². The Kier molecular flexibility index (Phi) is 3.36. The van der Waals surface area contributed by atoms with Crippen molar-refractivity contribution < 1.29 is 8.78 Å². The first-order valence-electron chi connectivity index (χ1n) is 5.78. The van der Waals surface area contributed by atoms with Crippen molar-refractivity contribution in [1.29, 1.82) is 0 Å². The van der Waals surface area contributed by atoms with Gasteiger partial charge < -0.3 is 0 Å². The molecule has 0 amide bonds. The van der Waals surface area contributed by atoms with E-state index in [9.17, 15) is 8.78 Å². The van der Waals surface area contributed by atoms with E-state index >= 15 is 0 Å². The number of hydrogen-bond donors (Lipinski definition) is 0. The fourth-order valence-electron chi connectivity index (χ4n) is 2.15. The van der Waals surface area contributed by atoms with Crippen LogP contribution in [0.5, 0.6) is 0 Å². The molecule has 0 saturated heterocycles. The van der Waals surface area contributed by atoms with Gasteiger partial charge >= 0.3 is 0 Å². The summed E-state index contributed by atoms with van der Waals surface area (Å²) in [4.78, 5) is 4.25. The van der Waals surface area contributed by atoms with Crippen LogP contribution < -0.4 is 0 Å². The number of nitrogens with zero attached hydrogens (tertiary/aromatic N) is 2. The fraction of sp³-hybridized carbons (Fsp3) is 0.0714. The van der Waals surface area contributed by atoms with E-state index < -0.39 is 5.82 Å². The van der Waals surface area contributed by atoms with E-state index in [-0.39, 0.29) is 16.7 Å². The minimum Gasteiger partial charge on any atom is -0.295 e. The molecule has 0 atom stereocenters. The number of imidazole rings is 1. The highest BCUT2D eigenvalue weighted by Crippen LogP contribution is 2.26. The highest BCUT2D eigenvalue weighted by Gasteiger charge is 2.13. The molecule has 102 valence electrons. The third-order valence-corrected chi connectivity index (χ3v) is 3.37. The quantitative estimate of drug-likeness (QED) is 0.627. The molecule has 0 spiro atoms. The van der Waals surface area contributed by atoms with Crippen LogP contribution in [0.15, 0.2) is 36.4 Å². The molecule has 0 fully saturated rings. The van der Waals surface area contributed by atoms with Crippen molar-refractivity contribution in [2.24, 2.45) is 0 Å². The van der Waals surface area contributed by atoms with Gasteiger partial charge in [-0.25, -0.2) is 13.8 Å². The SMILES string of the molecule is Fc1cc(Cl)cc(-n2c(CCl)nc3cc(F)ccc32)c1. The highest BCUT2D eigenvalue weighted by atomic mass is 35.5. The van der Waals surface area contributed by atoms with E-state index in [4.69, 9.17) is 23.2 Å². The van der Waals surface area contributed by atoms with Gasteiger partial charge in [-0.1, -0.05) is 11.6 Å². The lowest BCUT2D eigenvalue weighted by Gasteiger charge is -2.08. The molecule has 0 unspecified atom stereocenters. The van der Waals surface area contributed by atoms with Gasteiger partial charge in [-0.2, -0.15) is 0 Å². The van der Waals surface area contributed by atoms with Crippen molar-refractivity contribution in [3.63, 3.8) is 0 Å². The molecule has 0 aliphatic carbocycles. The van der Waals surface area contributed by atoms with Crippen molar-refractivity contribution in [3.8, 4) is 5.69 Å². The van der Waals surface area contributed by atoms with Crippen LogP contribution in [0, 0.1) is 11.6 Å². The third kappa shape index (κ3) is 2.25. The third-order valence-electron chi connectivity index (χ3n) is 2.91. The first-order valence-corrected chi connectivity index (χ1v) is 6.69. The van der Waals surface area contributed by atoms with Gasteiger partial charge in [0.25, 0.3) is 0 Å².